The average molecular weight is 1500 g/mol. The molecule has 3 heterocycles. The van der Waals surface area contributed by atoms with Crippen LogP contribution in [0.25, 0.3) is 10.8 Å². The fourth-order valence-corrected chi connectivity index (χ4v) is 18.7. The third kappa shape index (κ3) is 17.9. The molecule has 514 valence electrons. The first-order valence-electron chi connectivity index (χ1n) is 32.6. The number of esters is 3. The second kappa shape index (κ2) is 31.8. The number of carbonyl (C=O) groups excluding carboxylic acids is 3. The number of hydrogen-bond acceptors (Lipinski definition) is 18. The van der Waals surface area contributed by atoms with Crippen molar-refractivity contribution in [3.8, 4) is 17.2 Å². The van der Waals surface area contributed by atoms with Crippen LogP contribution < -0.4 is 18.7 Å². The molecule has 0 N–H and O–H groups in total. The van der Waals surface area contributed by atoms with Gasteiger partial charge in [0.15, 0.2) is 14.1 Å². The molecule has 0 amide bonds. The molecule has 1 aliphatic carbocycles. The number of methoxy groups -OCH3 is 3. The molecule has 0 aromatic heterocycles. The van der Waals surface area contributed by atoms with Gasteiger partial charge in [-0.3, -0.25) is 0 Å². The van der Waals surface area contributed by atoms with E-state index in [1.807, 2.05) is 93.6 Å². The zero-order valence-electron chi connectivity index (χ0n) is 57.7. The van der Waals surface area contributed by atoms with Crippen molar-refractivity contribution in [3.05, 3.63) is 108 Å². The van der Waals surface area contributed by atoms with E-state index in [0.29, 0.717) is 10.9 Å². The van der Waals surface area contributed by atoms with Crippen LogP contribution in [-0.2, 0) is 78.8 Å². The minimum absolute atomic E-state index is 0.00405. The van der Waals surface area contributed by atoms with Gasteiger partial charge in [-0.15, -0.1) is 0 Å². The number of hydrogen-bond donors (Lipinski definition) is 0. The fraction of sp³-hybridized carbons (Fsp3) is 0.620. The van der Waals surface area contributed by atoms with E-state index >= 15 is 0 Å². The van der Waals surface area contributed by atoms with Crippen molar-refractivity contribution < 1.29 is 84.8 Å². The van der Waals surface area contributed by atoms with Gasteiger partial charge in [-0.2, -0.15) is 0 Å². The fourth-order valence-electron chi connectivity index (χ4n) is 12.4. The van der Waals surface area contributed by atoms with E-state index in [1.165, 1.54) is 21.0 Å². The van der Waals surface area contributed by atoms with Gasteiger partial charge in [0.2, 0.25) is 0 Å². The van der Waals surface area contributed by atoms with Gasteiger partial charge >= 0.3 is 434 Å². The minimum atomic E-state index is -2.58. The Bertz CT molecular complexity index is 3150. The number of alkyl halides is 1. The van der Waals surface area contributed by atoms with E-state index in [4.69, 9.17) is 70.4 Å². The Morgan fingerprint density at radius 1 is 0.774 bits per heavy atom. The SMILES string of the molecule is C=C[C@@H](Cc1cc2cc(O[C@@H]3O[C@H](C)[C@H](OC(C)=O)[C@H](O[C@H]4O[C@H](C)[C@H](OC)[C@H](O[Si](C)(C)C(C)(C)C)[C@@H]4I)[C@H]3[Se]c3ccccc3)cc(OCOCc3ccccc3)c2c(OC(C)=O)c1C(=O)OC)[C@H](OC)[C@@H](O[Si](C)(C)C(C)(C)C)[C@H]1OC2(CCCCC2)O[C@@H]1C. The summed E-state index contributed by atoms with van der Waals surface area (Å²) in [5.41, 5.74) is 1.35. The molecule has 4 aromatic rings. The van der Waals surface area contributed by atoms with Crippen molar-refractivity contribution in [2.45, 2.75) is 246 Å². The van der Waals surface area contributed by atoms with Gasteiger partial charge in [-0.1, -0.05) is 45.4 Å². The Morgan fingerprint density at radius 3 is 2.00 bits per heavy atom. The predicted octanol–water partition coefficient (Wildman–Crippen LogP) is 13.5. The Labute approximate surface area is 573 Å². The first kappa shape index (κ1) is 75.0. The third-order valence-corrected chi connectivity index (χ3v) is 32.2. The Morgan fingerprint density at radius 2 is 1.41 bits per heavy atom. The summed E-state index contributed by atoms with van der Waals surface area (Å²) < 4.78 is 101. The van der Waals surface area contributed by atoms with Crippen LogP contribution in [0.5, 0.6) is 17.2 Å². The van der Waals surface area contributed by atoms with E-state index in [2.05, 4.69) is 96.9 Å². The number of halogens is 1. The normalized spacial score (nSPS) is 27.0. The second-order valence-electron chi connectivity index (χ2n) is 28.1. The zero-order chi connectivity index (χ0) is 68.0. The number of rotatable bonds is 26. The quantitative estimate of drug-likeness (QED) is 0.00842. The van der Waals surface area contributed by atoms with Crippen LogP contribution in [0.15, 0.2) is 91.5 Å². The zero-order valence-corrected chi connectivity index (χ0v) is 63.6. The van der Waals surface area contributed by atoms with Crippen molar-refractivity contribution in [2.75, 3.05) is 28.1 Å². The molecule has 1 spiro atoms. The van der Waals surface area contributed by atoms with E-state index in [1.54, 1.807) is 26.4 Å². The molecule has 1 saturated carbocycles. The third-order valence-electron chi connectivity index (χ3n) is 19.2. The van der Waals surface area contributed by atoms with Crippen LogP contribution in [-0.4, -0.2) is 161 Å². The molecule has 93 heavy (non-hydrogen) atoms. The predicted molar refractivity (Wildman–Crippen MR) is 371 cm³/mol. The van der Waals surface area contributed by atoms with E-state index < -0.39 is 134 Å². The summed E-state index contributed by atoms with van der Waals surface area (Å²) in [6.07, 6.45) is -1.33. The van der Waals surface area contributed by atoms with Gasteiger partial charge < -0.3 is 13.9 Å². The summed E-state index contributed by atoms with van der Waals surface area (Å²) >= 11 is 1.88. The number of ether oxygens (including phenoxy) is 13. The monoisotopic (exact) mass is 1500 g/mol. The maximum absolute atomic E-state index is 14.7. The van der Waals surface area contributed by atoms with Gasteiger partial charge in [0.1, 0.15) is 6.10 Å². The molecule has 4 aliphatic rings. The van der Waals surface area contributed by atoms with Crippen molar-refractivity contribution >= 4 is 87.3 Å². The number of fused-ring (bicyclic) bond motifs is 1. The first-order valence-corrected chi connectivity index (χ1v) is 41.5. The smallest absolute Gasteiger partial charge is 0.408 e. The van der Waals surface area contributed by atoms with Crippen molar-refractivity contribution in [1.82, 2.24) is 0 Å². The summed E-state index contributed by atoms with van der Waals surface area (Å²) in [6.45, 7) is 34.9. The number of carbonyl (C=O) groups is 3. The van der Waals surface area contributed by atoms with Crippen LogP contribution in [0.2, 0.25) is 41.1 Å². The molecule has 0 bridgehead atoms. The summed E-state index contributed by atoms with van der Waals surface area (Å²) in [5, 5.41) is 0.432. The van der Waals surface area contributed by atoms with Gasteiger partial charge in [0, 0.05) is 20.0 Å². The molecule has 15 atom stereocenters. The molecule has 8 rings (SSSR count). The summed E-state index contributed by atoms with van der Waals surface area (Å²) in [5.74, 6) is -2.91. The average Bonchev–Trinajstić information content (AvgIpc) is 1.26. The first-order chi connectivity index (χ1) is 43.8. The van der Waals surface area contributed by atoms with Gasteiger partial charge in [0.25, 0.3) is 0 Å². The Kier molecular flexibility index (Phi) is 25.6. The van der Waals surface area contributed by atoms with Crippen LogP contribution in [0.3, 0.4) is 0 Å². The Hall–Kier alpha value is -3.83. The van der Waals surface area contributed by atoms with Gasteiger partial charge in [0.05, 0.1) is 6.10 Å². The van der Waals surface area contributed by atoms with Crippen molar-refractivity contribution in [2.24, 2.45) is 5.92 Å². The van der Waals surface area contributed by atoms with Crippen LogP contribution >= 0.6 is 22.6 Å². The van der Waals surface area contributed by atoms with E-state index in [0.717, 1.165) is 42.1 Å². The number of benzene rings is 4. The van der Waals surface area contributed by atoms with Gasteiger partial charge in [-0.25, -0.2) is 0 Å². The van der Waals surface area contributed by atoms with E-state index in [-0.39, 0.29) is 68.1 Å². The molecular weight excluding hydrogens is 1400 g/mol. The van der Waals surface area contributed by atoms with Crippen LogP contribution in [0.1, 0.15) is 130 Å². The van der Waals surface area contributed by atoms with E-state index in [9.17, 15) is 14.4 Å². The molecule has 22 heteroatoms. The Balaban J connectivity index is 1.27. The molecular formula is C71H101IO18SeSi2. The molecule has 4 fully saturated rings. The molecule has 3 saturated heterocycles. The molecule has 3 aliphatic heterocycles. The summed E-state index contributed by atoms with van der Waals surface area (Å²) in [7, 11) is -0.346. The topological polar surface area (TPSA) is 190 Å². The van der Waals surface area contributed by atoms with Crippen molar-refractivity contribution in [3.63, 3.8) is 0 Å². The summed E-state index contributed by atoms with van der Waals surface area (Å²) in [6, 6.07) is 25.0. The standard InChI is InChI=1S/C71H101IO18SeSi2/c1-20-48(60(77-14)63(90-93(18,19)70(10,11)12)59-44(4)87-71(88-59)34-28-23-29-35-71)36-49-37-50-38-51(39-53(80-41-79-40-47-30-24-21-25-31-47)54(50)61(84-46(6)74)55(49)66(75)78-15)85-68-65(91-52-32-26-22-27-33-52)64(58(43(3)82-68)83-45(5)73)86-67-56(72)62(57(76-13)42(2)81-67)89-92(16,17)69(7,8)9/h20-22,24-27,30-33,37-39,42-44,48,56-60,62-65,67-68H,1,23,28-29,34-36,40-41H2,2-19H3/t42-,43-,44-,48+,56+,57+,58+,59+,60+,62-,63+,64+,65-,67-,68+/m1/s1. The second-order valence-corrected chi connectivity index (χ2v) is 41.6. The summed E-state index contributed by atoms with van der Waals surface area (Å²) in [4.78, 5) is 40.9. The maximum atomic E-state index is 14.7. The van der Waals surface area contributed by atoms with Crippen LogP contribution in [0.4, 0.5) is 0 Å². The molecule has 4 aromatic carbocycles. The van der Waals surface area contributed by atoms with Crippen LogP contribution in [0, 0.1) is 5.92 Å². The van der Waals surface area contributed by atoms with Crippen molar-refractivity contribution in [1.29, 1.82) is 0 Å². The molecule has 18 nitrogen and oxygen atoms in total. The van der Waals surface area contributed by atoms with Gasteiger partial charge in [-0.05, 0) is 37.9 Å². The molecule has 0 unspecified atom stereocenters. The molecule has 0 radical (unpaired) electrons. The minimum Gasteiger partial charge on any atom is -0.408 e.